The van der Waals surface area contributed by atoms with Crippen LogP contribution in [0.15, 0.2) is 64.3 Å². The van der Waals surface area contributed by atoms with Gasteiger partial charge in [0.05, 0.1) is 21.6 Å². The Balaban J connectivity index is 1.32. The second-order valence-corrected chi connectivity index (χ2v) is 13.7. The van der Waals surface area contributed by atoms with Crippen molar-refractivity contribution in [3.05, 3.63) is 86.8 Å². The third-order valence-corrected chi connectivity index (χ3v) is 10.9. The molecule has 3 aliphatic rings. The first kappa shape index (κ1) is 29.2. The van der Waals surface area contributed by atoms with Crippen molar-refractivity contribution in [1.82, 2.24) is 18.8 Å². The van der Waals surface area contributed by atoms with E-state index in [1.54, 1.807) is 53.1 Å². The molecular weight excluding hydrogens is 594 g/mol. The first-order valence-electron chi connectivity index (χ1n) is 14.0. The quantitative estimate of drug-likeness (QED) is 0.314. The van der Waals surface area contributed by atoms with Crippen LogP contribution in [0.25, 0.3) is 0 Å². The molecule has 0 saturated carbocycles. The summed E-state index contributed by atoms with van der Waals surface area (Å²) in [5.41, 5.74) is 0.172. The van der Waals surface area contributed by atoms with Crippen LogP contribution in [-0.2, 0) is 14.8 Å². The second-order valence-electron chi connectivity index (χ2n) is 11.3. The molecule has 0 N–H and O–H groups in total. The summed E-state index contributed by atoms with van der Waals surface area (Å²) in [6.07, 6.45) is 1.25. The molecular formula is C30H30ClN5O6S. The summed E-state index contributed by atoms with van der Waals surface area (Å²) in [4.78, 5) is 58.9. The van der Waals surface area contributed by atoms with Gasteiger partial charge in [-0.1, -0.05) is 41.4 Å². The van der Waals surface area contributed by atoms with Crippen molar-refractivity contribution >= 4 is 45.3 Å². The molecule has 4 heterocycles. The fourth-order valence-corrected chi connectivity index (χ4v) is 8.38. The summed E-state index contributed by atoms with van der Waals surface area (Å²) in [5.74, 6) is -1.03. The van der Waals surface area contributed by atoms with E-state index in [-0.39, 0.29) is 53.4 Å². The topological polar surface area (TPSA) is 130 Å². The Morgan fingerprint density at radius 2 is 1.60 bits per heavy atom. The molecule has 3 aromatic rings. The van der Waals surface area contributed by atoms with Crippen LogP contribution in [0, 0.1) is 6.92 Å². The number of hydrogen-bond acceptors (Lipinski definition) is 7. The zero-order chi connectivity index (χ0) is 30.7. The molecule has 3 amide bonds. The molecule has 3 aliphatic heterocycles. The molecule has 11 nitrogen and oxygen atoms in total. The molecule has 43 heavy (non-hydrogen) atoms. The largest absolute Gasteiger partial charge is 0.299 e. The van der Waals surface area contributed by atoms with Crippen molar-refractivity contribution in [3.63, 3.8) is 0 Å². The van der Waals surface area contributed by atoms with Crippen molar-refractivity contribution in [2.45, 2.75) is 56.0 Å². The van der Waals surface area contributed by atoms with Crippen molar-refractivity contribution in [2.75, 3.05) is 24.5 Å². The molecule has 1 aromatic heterocycles. The Kier molecular flexibility index (Phi) is 7.26. The highest BCUT2D eigenvalue weighted by molar-refractivity contribution is 7.89. The molecule has 2 aromatic carbocycles. The van der Waals surface area contributed by atoms with Crippen LogP contribution in [0.2, 0.25) is 5.15 Å². The zero-order valence-corrected chi connectivity index (χ0v) is 25.3. The van der Waals surface area contributed by atoms with Crippen LogP contribution >= 0.6 is 11.6 Å². The summed E-state index contributed by atoms with van der Waals surface area (Å²) in [6, 6.07) is 14.1. The Morgan fingerprint density at radius 3 is 2.19 bits per heavy atom. The van der Waals surface area contributed by atoms with Gasteiger partial charge in [-0.25, -0.2) is 8.42 Å². The van der Waals surface area contributed by atoms with Crippen LogP contribution in [0.5, 0.6) is 0 Å². The predicted molar refractivity (Wildman–Crippen MR) is 159 cm³/mol. The molecule has 1 atom stereocenters. The number of aromatic nitrogens is 2. The average Bonchev–Trinajstić information content (AvgIpc) is 3.20. The molecule has 1 spiro atoms. The van der Waals surface area contributed by atoms with E-state index in [9.17, 15) is 27.6 Å². The lowest BCUT2D eigenvalue weighted by molar-refractivity contribution is -0.118. The smallest absolute Gasteiger partial charge is 0.275 e. The Bertz CT molecular complexity index is 1780. The molecule has 1 saturated heterocycles. The predicted octanol–water partition coefficient (Wildman–Crippen LogP) is 3.41. The molecule has 1 unspecified atom stereocenters. The fraction of sp³-hybridized carbons (Fsp3) is 0.367. The number of carbonyl (C=O) groups is 3. The van der Waals surface area contributed by atoms with Crippen molar-refractivity contribution in [2.24, 2.45) is 0 Å². The standard InChI is InChI=1S/C30H30ClN5O6S/c1-19-7-9-22(10-8-19)43(41,42)33-15-12-30(13-16-33)18-21(35-25(31)17-26(38)32-29(35)36(30)20(2)37)11-14-34-27(39)23-5-3-4-6-24(23)28(34)40/h3-10,17,21H,11-16,18H2,1-2H3. The third kappa shape index (κ3) is 4.87. The number of aryl methyl sites for hydroxylation is 1. The van der Waals surface area contributed by atoms with Crippen LogP contribution in [0.1, 0.15) is 64.9 Å². The average molecular weight is 624 g/mol. The number of halogens is 1. The number of piperidine rings is 1. The zero-order valence-electron chi connectivity index (χ0n) is 23.7. The van der Waals surface area contributed by atoms with Gasteiger partial charge in [0.2, 0.25) is 21.9 Å². The van der Waals surface area contributed by atoms with Crippen LogP contribution < -0.4 is 10.5 Å². The minimum atomic E-state index is -3.76. The van der Waals surface area contributed by atoms with Gasteiger partial charge in [0.1, 0.15) is 5.15 Å². The molecule has 1 fully saturated rings. The maximum absolute atomic E-state index is 13.4. The number of nitrogens with zero attached hydrogens (tertiary/aromatic N) is 5. The number of anilines is 1. The van der Waals surface area contributed by atoms with Crippen molar-refractivity contribution in [3.8, 4) is 0 Å². The molecule has 0 radical (unpaired) electrons. The van der Waals surface area contributed by atoms with Gasteiger partial charge in [-0.05, 0) is 56.9 Å². The Labute approximate surface area is 253 Å². The molecule has 6 rings (SSSR count). The van der Waals surface area contributed by atoms with Crippen LogP contribution in [0.3, 0.4) is 0 Å². The molecule has 224 valence electrons. The van der Waals surface area contributed by atoms with E-state index < -0.39 is 27.2 Å². The van der Waals surface area contributed by atoms with E-state index >= 15 is 0 Å². The Morgan fingerprint density at radius 1 is 1.00 bits per heavy atom. The SMILES string of the molecule is CC(=O)N1c2nc(=O)cc(Cl)n2C(CCN2C(=O)c3ccccc3C2=O)CC12CCN(S(=O)(=O)c1ccc(C)cc1)CC2. The number of amides is 3. The molecule has 0 bridgehead atoms. The van der Waals surface area contributed by atoms with Crippen LogP contribution in [-0.4, -0.2) is 70.1 Å². The van der Waals surface area contributed by atoms with Gasteiger partial charge in [0, 0.05) is 38.7 Å². The maximum Gasteiger partial charge on any atom is 0.275 e. The number of hydrogen-bond donors (Lipinski definition) is 0. The number of rotatable bonds is 5. The fourth-order valence-electron chi connectivity index (χ4n) is 6.64. The lowest BCUT2D eigenvalue weighted by Crippen LogP contribution is -2.62. The first-order chi connectivity index (χ1) is 20.4. The lowest BCUT2D eigenvalue weighted by Gasteiger charge is -2.53. The molecule has 13 heteroatoms. The Hall–Kier alpha value is -3.87. The van der Waals surface area contributed by atoms with Gasteiger partial charge in [-0.2, -0.15) is 9.29 Å². The highest BCUT2D eigenvalue weighted by Gasteiger charge is 2.51. The number of carbonyl (C=O) groups excluding carboxylic acids is 3. The highest BCUT2D eigenvalue weighted by Crippen LogP contribution is 2.46. The van der Waals surface area contributed by atoms with Gasteiger partial charge in [0.25, 0.3) is 17.4 Å². The van der Waals surface area contributed by atoms with E-state index in [0.29, 0.717) is 36.8 Å². The lowest BCUT2D eigenvalue weighted by atomic mass is 9.78. The number of imide groups is 1. The van der Waals surface area contributed by atoms with Crippen LogP contribution in [0.4, 0.5) is 5.95 Å². The highest BCUT2D eigenvalue weighted by atomic mass is 35.5. The van der Waals surface area contributed by atoms with E-state index in [4.69, 9.17) is 11.6 Å². The second kappa shape index (κ2) is 10.7. The monoisotopic (exact) mass is 623 g/mol. The molecule has 0 aliphatic carbocycles. The number of sulfonamides is 1. The number of benzene rings is 2. The van der Waals surface area contributed by atoms with E-state index in [1.807, 2.05) is 6.92 Å². The summed E-state index contributed by atoms with van der Waals surface area (Å²) >= 11 is 6.58. The minimum Gasteiger partial charge on any atom is -0.299 e. The van der Waals surface area contributed by atoms with E-state index in [1.165, 1.54) is 27.1 Å². The number of fused-ring (bicyclic) bond motifs is 2. The van der Waals surface area contributed by atoms with Crippen molar-refractivity contribution < 1.29 is 22.8 Å². The van der Waals surface area contributed by atoms with Gasteiger partial charge in [-0.15, -0.1) is 0 Å². The first-order valence-corrected chi connectivity index (χ1v) is 15.9. The van der Waals surface area contributed by atoms with E-state index in [0.717, 1.165) is 5.56 Å². The van der Waals surface area contributed by atoms with Gasteiger partial charge in [0.15, 0.2) is 0 Å². The van der Waals surface area contributed by atoms with Gasteiger partial charge in [-0.3, -0.25) is 33.5 Å². The maximum atomic E-state index is 13.4. The third-order valence-electron chi connectivity index (χ3n) is 8.74. The summed E-state index contributed by atoms with van der Waals surface area (Å²) in [6.45, 7) is 3.65. The van der Waals surface area contributed by atoms with Gasteiger partial charge >= 0.3 is 0 Å². The normalized spacial score (nSPS) is 19.9. The van der Waals surface area contributed by atoms with E-state index in [2.05, 4.69) is 4.98 Å². The van der Waals surface area contributed by atoms with Gasteiger partial charge < -0.3 is 0 Å². The van der Waals surface area contributed by atoms with Crippen molar-refractivity contribution in [1.29, 1.82) is 0 Å². The minimum absolute atomic E-state index is 0.0819. The summed E-state index contributed by atoms with van der Waals surface area (Å²) < 4.78 is 29.9. The summed E-state index contributed by atoms with van der Waals surface area (Å²) in [5, 5.41) is 0.0860. The summed E-state index contributed by atoms with van der Waals surface area (Å²) in [7, 11) is -3.76.